The molecule has 0 spiro atoms. The number of aliphatic hydroxyl groups excluding tert-OH is 1. The Morgan fingerprint density at radius 2 is 1.90 bits per heavy atom. The molecule has 112 valence electrons. The van der Waals surface area contributed by atoms with E-state index in [9.17, 15) is 5.11 Å². The van der Waals surface area contributed by atoms with Crippen LogP contribution in [0.25, 0.3) is 0 Å². The van der Waals surface area contributed by atoms with E-state index in [0.29, 0.717) is 18.4 Å². The number of hydrogen-bond acceptors (Lipinski definition) is 3. The first-order valence-corrected chi connectivity index (χ1v) is 7.81. The fourth-order valence-corrected chi connectivity index (χ4v) is 3.38. The molecule has 1 aliphatic rings. The van der Waals surface area contributed by atoms with E-state index >= 15 is 0 Å². The summed E-state index contributed by atoms with van der Waals surface area (Å²) in [5.74, 6) is 1.96. The second-order valence-electron chi connectivity index (χ2n) is 5.90. The van der Waals surface area contributed by atoms with E-state index in [1.165, 1.54) is 18.4 Å². The molecule has 0 aliphatic heterocycles. The van der Waals surface area contributed by atoms with E-state index in [-0.39, 0.29) is 6.04 Å². The molecular formula is C18H23NO2. The summed E-state index contributed by atoms with van der Waals surface area (Å²) in [6.45, 7) is 1.23. The first-order chi connectivity index (χ1) is 10.4. The SMILES string of the molecule is OCC1CCCC1CNC(c1ccccc1)c1ccco1. The molecule has 0 radical (unpaired) electrons. The van der Waals surface area contributed by atoms with Gasteiger partial charge in [0.25, 0.3) is 0 Å². The molecule has 1 heterocycles. The molecule has 1 aromatic heterocycles. The minimum Gasteiger partial charge on any atom is -0.467 e. The van der Waals surface area contributed by atoms with Crippen molar-refractivity contribution in [3.05, 3.63) is 60.1 Å². The molecule has 3 unspecified atom stereocenters. The van der Waals surface area contributed by atoms with Gasteiger partial charge in [0.1, 0.15) is 5.76 Å². The number of nitrogens with one attached hydrogen (secondary N) is 1. The molecule has 3 atom stereocenters. The maximum atomic E-state index is 9.46. The summed E-state index contributed by atoms with van der Waals surface area (Å²) < 4.78 is 5.61. The monoisotopic (exact) mass is 285 g/mol. The highest BCUT2D eigenvalue weighted by Gasteiger charge is 2.27. The lowest BCUT2D eigenvalue weighted by Gasteiger charge is -2.22. The Kier molecular flexibility index (Phi) is 4.73. The van der Waals surface area contributed by atoms with Crippen LogP contribution in [0.5, 0.6) is 0 Å². The van der Waals surface area contributed by atoms with Crippen molar-refractivity contribution in [1.29, 1.82) is 0 Å². The van der Waals surface area contributed by atoms with Gasteiger partial charge in [-0.25, -0.2) is 0 Å². The quantitative estimate of drug-likeness (QED) is 0.855. The van der Waals surface area contributed by atoms with Gasteiger partial charge in [0.05, 0.1) is 12.3 Å². The Balaban J connectivity index is 1.71. The maximum Gasteiger partial charge on any atom is 0.125 e. The van der Waals surface area contributed by atoms with Crippen molar-refractivity contribution >= 4 is 0 Å². The van der Waals surface area contributed by atoms with Gasteiger partial charge in [-0.3, -0.25) is 0 Å². The van der Waals surface area contributed by atoms with Crippen LogP contribution in [0.2, 0.25) is 0 Å². The van der Waals surface area contributed by atoms with E-state index in [0.717, 1.165) is 18.7 Å². The van der Waals surface area contributed by atoms with Crippen molar-refractivity contribution in [2.24, 2.45) is 11.8 Å². The fraction of sp³-hybridized carbons (Fsp3) is 0.444. The number of rotatable bonds is 6. The lowest BCUT2D eigenvalue weighted by molar-refractivity contribution is 0.190. The van der Waals surface area contributed by atoms with Gasteiger partial charge in [0, 0.05) is 6.61 Å². The molecule has 1 aromatic carbocycles. The zero-order valence-corrected chi connectivity index (χ0v) is 12.2. The van der Waals surface area contributed by atoms with E-state index in [2.05, 4.69) is 29.6 Å². The number of furan rings is 1. The summed E-state index contributed by atoms with van der Waals surface area (Å²) in [6.07, 6.45) is 5.31. The average molecular weight is 285 g/mol. The molecular weight excluding hydrogens is 262 g/mol. The van der Waals surface area contributed by atoms with Crippen molar-refractivity contribution in [3.8, 4) is 0 Å². The smallest absolute Gasteiger partial charge is 0.125 e. The van der Waals surface area contributed by atoms with Crippen LogP contribution in [0.4, 0.5) is 0 Å². The summed E-state index contributed by atoms with van der Waals surface area (Å²) in [5, 5.41) is 13.1. The third-order valence-corrected chi connectivity index (χ3v) is 4.60. The predicted molar refractivity (Wildman–Crippen MR) is 82.9 cm³/mol. The standard InChI is InChI=1S/C18H23NO2/c20-13-16-9-4-8-15(16)12-19-18(17-10-5-11-21-17)14-6-2-1-3-7-14/h1-3,5-7,10-11,15-16,18-20H,4,8-9,12-13H2. The van der Waals surface area contributed by atoms with Crippen molar-refractivity contribution < 1.29 is 9.52 Å². The van der Waals surface area contributed by atoms with Gasteiger partial charge < -0.3 is 14.8 Å². The van der Waals surface area contributed by atoms with E-state index < -0.39 is 0 Å². The van der Waals surface area contributed by atoms with Crippen molar-refractivity contribution in [3.63, 3.8) is 0 Å². The van der Waals surface area contributed by atoms with E-state index in [1.807, 2.05) is 18.2 Å². The van der Waals surface area contributed by atoms with Gasteiger partial charge in [-0.15, -0.1) is 0 Å². The average Bonchev–Trinajstić information content (AvgIpc) is 3.20. The highest BCUT2D eigenvalue weighted by Crippen LogP contribution is 2.32. The number of aliphatic hydroxyl groups is 1. The van der Waals surface area contributed by atoms with Crippen LogP contribution >= 0.6 is 0 Å². The minimum atomic E-state index is 0.0844. The molecule has 1 aliphatic carbocycles. The molecule has 3 heteroatoms. The molecule has 1 fully saturated rings. The van der Waals surface area contributed by atoms with E-state index in [4.69, 9.17) is 4.42 Å². The van der Waals surface area contributed by atoms with Crippen LogP contribution < -0.4 is 5.32 Å². The Hall–Kier alpha value is -1.58. The lowest BCUT2D eigenvalue weighted by atomic mass is 9.95. The Bertz CT molecular complexity index is 523. The lowest BCUT2D eigenvalue weighted by Crippen LogP contribution is -2.30. The second kappa shape index (κ2) is 6.92. The molecule has 3 rings (SSSR count). The topological polar surface area (TPSA) is 45.4 Å². The van der Waals surface area contributed by atoms with Gasteiger partial charge in [-0.05, 0) is 48.9 Å². The summed E-state index contributed by atoms with van der Waals surface area (Å²) in [7, 11) is 0. The van der Waals surface area contributed by atoms with Crippen LogP contribution in [0.15, 0.2) is 53.1 Å². The summed E-state index contributed by atoms with van der Waals surface area (Å²) in [5.41, 5.74) is 1.21. The first-order valence-electron chi connectivity index (χ1n) is 7.81. The predicted octanol–water partition coefficient (Wildman–Crippen LogP) is 3.37. The molecule has 2 aromatic rings. The number of hydrogen-bond donors (Lipinski definition) is 2. The Labute approximate surface area is 126 Å². The molecule has 0 amide bonds. The highest BCUT2D eigenvalue weighted by molar-refractivity contribution is 5.26. The zero-order valence-electron chi connectivity index (χ0n) is 12.2. The summed E-state index contributed by atoms with van der Waals surface area (Å²) in [4.78, 5) is 0. The van der Waals surface area contributed by atoms with Crippen LogP contribution in [-0.2, 0) is 0 Å². The van der Waals surface area contributed by atoms with Crippen LogP contribution in [0.1, 0.15) is 36.6 Å². The summed E-state index contributed by atoms with van der Waals surface area (Å²) in [6, 6.07) is 14.4. The van der Waals surface area contributed by atoms with Gasteiger partial charge in [-0.1, -0.05) is 36.8 Å². The highest BCUT2D eigenvalue weighted by atomic mass is 16.3. The van der Waals surface area contributed by atoms with Gasteiger partial charge in [0.2, 0.25) is 0 Å². The van der Waals surface area contributed by atoms with Crippen molar-refractivity contribution in [2.45, 2.75) is 25.3 Å². The minimum absolute atomic E-state index is 0.0844. The van der Waals surface area contributed by atoms with Gasteiger partial charge >= 0.3 is 0 Å². The normalized spacial score (nSPS) is 23.3. The third kappa shape index (κ3) is 3.36. The van der Waals surface area contributed by atoms with Gasteiger partial charge in [-0.2, -0.15) is 0 Å². The van der Waals surface area contributed by atoms with Crippen LogP contribution in [0.3, 0.4) is 0 Å². The molecule has 0 saturated heterocycles. The van der Waals surface area contributed by atoms with Crippen molar-refractivity contribution in [1.82, 2.24) is 5.32 Å². The molecule has 0 bridgehead atoms. The van der Waals surface area contributed by atoms with Gasteiger partial charge in [0.15, 0.2) is 0 Å². The third-order valence-electron chi connectivity index (χ3n) is 4.60. The van der Waals surface area contributed by atoms with E-state index in [1.54, 1.807) is 6.26 Å². The van der Waals surface area contributed by atoms with Crippen molar-refractivity contribution in [2.75, 3.05) is 13.2 Å². The molecule has 3 nitrogen and oxygen atoms in total. The fourth-order valence-electron chi connectivity index (χ4n) is 3.38. The Morgan fingerprint density at radius 3 is 2.62 bits per heavy atom. The molecule has 21 heavy (non-hydrogen) atoms. The molecule has 1 saturated carbocycles. The second-order valence-corrected chi connectivity index (χ2v) is 5.90. The molecule has 2 N–H and O–H groups in total. The Morgan fingerprint density at radius 1 is 1.10 bits per heavy atom. The first kappa shape index (κ1) is 14.4. The maximum absolute atomic E-state index is 9.46. The largest absolute Gasteiger partial charge is 0.467 e. The summed E-state index contributed by atoms with van der Waals surface area (Å²) >= 11 is 0. The zero-order chi connectivity index (χ0) is 14.5. The van der Waals surface area contributed by atoms with Crippen LogP contribution in [0, 0.1) is 11.8 Å². The van der Waals surface area contributed by atoms with Crippen LogP contribution in [-0.4, -0.2) is 18.3 Å². The number of benzene rings is 1.